The lowest BCUT2D eigenvalue weighted by Crippen LogP contribution is -2.24. The van der Waals surface area contributed by atoms with Crippen molar-refractivity contribution in [3.63, 3.8) is 0 Å². The second-order valence-corrected chi connectivity index (χ2v) is 7.96. The summed E-state index contributed by atoms with van der Waals surface area (Å²) in [5.74, 6) is -0.119. The molecule has 0 radical (unpaired) electrons. The average Bonchev–Trinajstić information content (AvgIpc) is 2.78. The molecule has 8 heteroatoms. The van der Waals surface area contributed by atoms with E-state index in [9.17, 15) is 14.4 Å². The molecular weight excluding hydrogens is 488 g/mol. The van der Waals surface area contributed by atoms with Gasteiger partial charge in [-0.05, 0) is 66.6 Å². The lowest BCUT2D eigenvalue weighted by Gasteiger charge is -2.10. The van der Waals surface area contributed by atoms with Crippen LogP contribution in [0.25, 0.3) is 0 Å². The number of hydrogen-bond acceptors (Lipinski definition) is 5. The fraction of sp³-hybridized carbons (Fsp3) is 0.160. The van der Waals surface area contributed by atoms with E-state index in [4.69, 9.17) is 9.47 Å². The number of amides is 2. The average molecular weight is 511 g/mol. The summed E-state index contributed by atoms with van der Waals surface area (Å²) in [6.07, 6.45) is -0.513. The molecule has 0 aromatic heterocycles. The highest BCUT2D eigenvalue weighted by Crippen LogP contribution is 2.16. The van der Waals surface area contributed by atoms with Crippen molar-refractivity contribution in [2.45, 2.75) is 19.9 Å². The highest BCUT2D eigenvalue weighted by atomic mass is 79.9. The number of carbonyl (C=O) groups excluding carboxylic acids is 3. The first kappa shape index (κ1) is 24.0. The normalized spacial score (nSPS) is 10.2. The number of carbonyl (C=O) groups is 3. The summed E-state index contributed by atoms with van der Waals surface area (Å²) in [7, 11) is 0. The fourth-order valence-electron chi connectivity index (χ4n) is 2.98. The molecule has 0 spiro atoms. The molecule has 0 heterocycles. The van der Waals surface area contributed by atoms with Crippen molar-refractivity contribution in [3.8, 4) is 5.75 Å². The number of ether oxygens (including phenoxy) is 2. The molecule has 0 fully saturated rings. The topological polar surface area (TPSA) is 93.7 Å². The van der Waals surface area contributed by atoms with Gasteiger partial charge in [0.05, 0.1) is 13.0 Å². The van der Waals surface area contributed by atoms with E-state index in [1.165, 1.54) is 12.1 Å². The quantitative estimate of drug-likeness (QED) is 0.325. The van der Waals surface area contributed by atoms with Gasteiger partial charge in [-0.15, -0.1) is 0 Å². The molecule has 0 aliphatic rings. The van der Waals surface area contributed by atoms with Crippen LogP contribution in [0, 0.1) is 0 Å². The molecule has 0 atom stereocenters. The van der Waals surface area contributed by atoms with Crippen LogP contribution in [0.3, 0.4) is 0 Å². The Morgan fingerprint density at radius 3 is 2.36 bits per heavy atom. The molecule has 0 saturated carbocycles. The maximum Gasteiger partial charge on any atom is 0.513 e. The molecule has 0 aliphatic carbocycles. The van der Waals surface area contributed by atoms with Gasteiger partial charge in [0.2, 0.25) is 5.91 Å². The third-order valence-electron chi connectivity index (χ3n) is 4.51. The molecule has 33 heavy (non-hydrogen) atoms. The van der Waals surface area contributed by atoms with Crippen molar-refractivity contribution < 1.29 is 23.9 Å². The summed E-state index contributed by atoms with van der Waals surface area (Å²) >= 11 is 3.40. The van der Waals surface area contributed by atoms with Crippen LogP contribution < -0.4 is 15.4 Å². The van der Waals surface area contributed by atoms with Gasteiger partial charge < -0.3 is 20.1 Å². The molecule has 3 aromatic carbocycles. The zero-order valence-electron chi connectivity index (χ0n) is 18.0. The maximum atomic E-state index is 12.5. The molecular formula is C25H23BrN2O5. The van der Waals surface area contributed by atoms with Crippen LogP contribution in [0.15, 0.2) is 77.3 Å². The van der Waals surface area contributed by atoms with Crippen molar-refractivity contribution >= 4 is 39.6 Å². The Morgan fingerprint density at radius 2 is 1.64 bits per heavy atom. The van der Waals surface area contributed by atoms with Crippen LogP contribution in [0.1, 0.15) is 28.4 Å². The van der Waals surface area contributed by atoms with Gasteiger partial charge in [-0.1, -0.05) is 40.2 Å². The van der Waals surface area contributed by atoms with Gasteiger partial charge in [-0.3, -0.25) is 9.59 Å². The molecule has 0 saturated heterocycles. The van der Waals surface area contributed by atoms with Crippen LogP contribution in [-0.4, -0.2) is 24.6 Å². The Balaban J connectivity index is 1.53. The predicted molar refractivity (Wildman–Crippen MR) is 128 cm³/mol. The smallest absolute Gasteiger partial charge is 0.434 e. The third-order valence-corrected chi connectivity index (χ3v) is 5.00. The van der Waals surface area contributed by atoms with E-state index in [2.05, 4.69) is 26.6 Å². The van der Waals surface area contributed by atoms with Gasteiger partial charge in [0.1, 0.15) is 5.75 Å². The van der Waals surface area contributed by atoms with Gasteiger partial charge in [-0.2, -0.15) is 0 Å². The first-order valence-corrected chi connectivity index (χ1v) is 11.1. The minimum absolute atomic E-state index is 0.0901. The van der Waals surface area contributed by atoms with Gasteiger partial charge in [-0.25, -0.2) is 4.79 Å². The van der Waals surface area contributed by atoms with Gasteiger partial charge in [0.15, 0.2) is 0 Å². The van der Waals surface area contributed by atoms with E-state index in [1.807, 2.05) is 36.4 Å². The molecule has 2 N–H and O–H groups in total. The number of nitrogens with one attached hydrogen (secondary N) is 2. The van der Waals surface area contributed by atoms with E-state index in [0.717, 1.165) is 15.6 Å². The molecule has 3 rings (SSSR count). The summed E-state index contributed by atoms with van der Waals surface area (Å²) in [5, 5.41) is 5.71. The zero-order chi connectivity index (χ0) is 23.6. The molecule has 170 valence electrons. The summed E-state index contributed by atoms with van der Waals surface area (Å²) in [6, 6.07) is 21.0. The van der Waals surface area contributed by atoms with Crippen molar-refractivity contribution in [1.82, 2.24) is 5.32 Å². The van der Waals surface area contributed by atoms with Crippen LogP contribution in [0.5, 0.6) is 5.75 Å². The van der Waals surface area contributed by atoms with Gasteiger partial charge in [0, 0.05) is 22.3 Å². The van der Waals surface area contributed by atoms with Crippen LogP contribution in [-0.2, 0) is 22.5 Å². The highest BCUT2D eigenvalue weighted by Gasteiger charge is 2.10. The lowest BCUT2D eigenvalue weighted by molar-refractivity contribution is -0.120. The third kappa shape index (κ3) is 7.76. The van der Waals surface area contributed by atoms with E-state index < -0.39 is 6.16 Å². The fourth-order valence-corrected chi connectivity index (χ4v) is 3.42. The first-order chi connectivity index (χ1) is 15.9. The van der Waals surface area contributed by atoms with E-state index in [-0.39, 0.29) is 30.6 Å². The maximum absolute atomic E-state index is 12.5. The molecule has 7 nitrogen and oxygen atoms in total. The van der Waals surface area contributed by atoms with Crippen molar-refractivity contribution in [2.24, 2.45) is 0 Å². The van der Waals surface area contributed by atoms with Crippen LogP contribution >= 0.6 is 15.9 Å². The Bertz CT molecular complexity index is 1130. The Hall–Kier alpha value is -3.65. The Morgan fingerprint density at radius 1 is 0.909 bits per heavy atom. The standard InChI is InChI=1S/C25H23BrN2O5/c1-2-32-25(31)33-22-11-9-19(10-12-22)24(30)28-21-8-4-6-18(14-21)16-27-23(29)15-17-5-3-7-20(26)13-17/h3-14H,2,15-16H2,1H3,(H,27,29)(H,28,30). The van der Waals surface area contributed by atoms with Crippen molar-refractivity contribution in [2.75, 3.05) is 11.9 Å². The molecule has 0 unspecified atom stereocenters. The zero-order valence-corrected chi connectivity index (χ0v) is 19.6. The minimum Gasteiger partial charge on any atom is -0.434 e. The first-order valence-electron chi connectivity index (χ1n) is 10.3. The number of hydrogen-bond donors (Lipinski definition) is 2. The number of rotatable bonds is 8. The number of anilines is 1. The molecule has 2 amide bonds. The largest absolute Gasteiger partial charge is 0.513 e. The number of benzene rings is 3. The Labute approximate surface area is 200 Å². The predicted octanol–water partition coefficient (Wildman–Crippen LogP) is 5.10. The summed E-state index contributed by atoms with van der Waals surface area (Å²) in [4.78, 5) is 36.1. The SMILES string of the molecule is CCOC(=O)Oc1ccc(C(=O)Nc2cccc(CNC(=O)Cc3cccc(Br)c3)c2)cc1. The van der Waals surface area contributed by atoms with Crippen LogP contribution in [0.4, 0.5) is 10.5 Å². The monoisotopic (exact) mass is 510 g/mol. The van der Waals surface area contributed by atoms with E-state index in [1.54, 1.807) is 31.2 Å². The lowest BCUT2D eigenvalue weighted by atomic mass is 10.1. The van der Waals surface area contributed by atoms with E-state index in [0.29, 0.717) is 17.8 Å². The van der Waals surface area contributed by atoms with Gasteiger partial charge in [0.25, 0.3) is 5.91 Å². The highest BCUT2D eigenvalue weighted by molar-refractivity contribution is 9.10. The minimum atomic E-state index is -0.796. The summed E-state index contributed by atoms with van der Waals surface area (Å²) in [6.45, 7) is 2.24. The molecule has 0 aliphatic heterocycles. The van der Waals surface area contributed by atoms with Crippen LogP contribution in [0.2, 0.25) is 0 Å². The molecule has 0 bridgehead atoms. The molecule has 3 aromatic rings. The van der Waals surface area contributed by atoms with Crippen molar-refractivity contribution in [1.29, 1.82) is 0 Å². The Kier molecular flexibility index (Phi) is 8.60. The second-order valence-electron chi connectivity index (χ2n) is 7.05. The second kappa shape index (κ2) is 11.8. The summed E-state index contributed by atoms with van der Waals surface area (Å²) in [5.41, 5.74) is 2.78. The van der Waals surface area contributed by atoms with Gasteiger partial charge >= 0.3 is 6.16 Å². The number of halogens is 1. The van der Waals surface area contributed by atoms with E-state index >= 15 is 0 Å². The van der Waals surface area contributed by atoms with Crippen molar-refractivity contribution in [3.05, 3.63) is 94.0 Å². The summed E-state index contributed by atoms with van der Waals surface area (Å²) < 4.78 is 10.6.